The Morgan fingerprint density at radius 2 is 2.25 bits per heavy atom. The van der Waals surface area contributed by atoms with Crippen molar-refractivity contribution in [1.82, 2.24) is 20.0 Å². The van der Waals surface area contributed by atoms with E-state index in [0.717, 1.165) is 11.4 Å². The van der Waals surface area contributed by atoms with Crippen LogP contribution in [0, 0.1) is 6.92 Å². The molecule has 0 spiro atoms. The Labute approximate surface area is 99.8 Å². The maximum Gasteiger partial charge on any atom is 0.280 e. The zero-order valence-corrected chi connectivity index (χ0v) is 10.4. The SMILES string of the molecule is Cc1nn(C)cc1Nc1cn[nH]c(=O)c1Br. The van der Waals surface area contributed by atoms with Gasteiger partial charge in [-0.15, -0.1) is 0 Å². The lowest BCUT2D eigenvalue weighted by Crippen LogP contribution is -2.10. The molecule has 0 amide bonds. The molecule has 0 atom stereocenters. The lowest BCUT2D eigenvalue weighted by molar-refractivity contribution is 0.756. The lowest BCUT2D eigenvalue weighted by atomic mass is 10.3. The quantitative estimate of drug-likeness (QED) is 0.872. The van der Waals surface area contributed by atoms with E-state index in [2.05, 4.69) is 36.5 Å². The summed E-state index contributed by atoms with van der Waals surface area (Å²) >= 11 is 3.20. The summed E-state index contributed by atoms with van der Waals surface area (Å²) < 4.78 is 2.12. The highest BCUT2D eigenvalue weighted by Crippen LogP contribution is 2.22. The molecule has 0 fully saturated rings. The minimum absolute atomic E-state index is 0.272. The summed E-state index contributed by atoms with van der Waals surface area (Å²) in [6.07, 6.45) is 3.38. The summed E-state index contributed by atoms with van der Waals surface area (Å²) in [6, 6.07) is 0. The highest BCUT2D eigenvalue weighted by molar-refractivity contribution is 9.10. The molecular weight excluding hydrogens is 274 g/mol. The molecular formula is C9H10BrN5O. The van der Waals surface area contributed by atoms with Crippen LogP contribution in [0.25, 0.3) is 0 Å². The van der Waals surface area contributed by atoms with E-state index in [4.69, 9.17) is 0 Å². The summed E-state index contributed by atoms with van der Waals surface area (Å²) in [7, 11) is 1.84. The summed E-state index contributed by atoms with van der Waals surface area (Å²) in [6.45, 7) is 1.89. The van der Waals surface area contributed by atoms with Crippen molar-refractivity contribution in [3.8, 4) is 0 Å². The van der Waals surface area contributed by atoms with Crippen LogP contribution in [-0.2, 0) is 7.05 Å². The van der Waals surface area contributed by atoms with Gasteiger partial charge in [0.05, 0.1) is 23.3 Å². The van der Waals surface area contributed by atoms with Gasteiger partial charge in [-0.05, 0) is 22.9 Å². The molecule has 2 heterocycles. The molecule has 0 saturated heterocycles. The number of aromatic amines is 1. The van der Waals surface area contributed by atoms with E-state index in [9.17, 15) is 4.79 Å². The number of halogens is 1. The molecule has 7 heteroatoms. The first-order chi connectivity index (χ1) is 7.58. The predicted molar refractivity (Wildman–Crippen MR) is 63.8 cm³/mol. The monoisotopic (exact) mass is 283 g/mol. The van der Waals surface area contributed by atoms with Crippen LogP contribution in [0.1, 0.15) is 5.69 Å². The van der Waals surface area contributed by atoms with Gasteiger partial charge in [0.15, 0.2) is 0 Å². The second kappa shape index (κ2) is 4.09. The van der Waals surface area contributed by atoms with Crippen LogP contribution in [-0.4, -0.2) is 20.0 Å². The fourth-order valence-electron chi connectivity index (χ4n) is 1.34. The summed E-state index contributed by atoms with van der Waals surface area (Å²) in [5.74, 6) is 0. The van der Waals surface area contributed by atoms with Crippen LogP contribution in [0.4, 0.5) is 11.4 Å². The molecule has 0 radical (unpaired) electrons. The lowest BCUT2D eigenvalue weighted by Gasteiger charge is -2.04. The van der Waals surface area contributed by atoms with Gasteiger partial charge in [-0.2, -0.15) is 10.2 Å². The van der Waals surface area contributed by atoms with Crippen molar-refractivity contribution in [2.45, 2.75) is 6.92 Å². The zero-order chi connectivity index (χ0) is 11.7. The first kappa shape index (κ1) is 10.9. The second-order valence-electron chi connectivity index (χ2n) is 3.35. The van der Waals surface area contributed by atoms with Crippen LogP contribution in [0.5, 0.6) is 0 Å². The van der Waals surface area contributed by atoms with Crippen molar-refractivity contribution in [2.24, 2.45) is 7.05 Å². The van der Waals surface area contributed by atoms with Gasteiger partial charge in [0, 0.05) is 13.2 Å². The molecule has 0 aromatic carbocycles. The van der Waals surface area contributed by atoms with Gasteiger partial charge in [0.25, 0.3) is 5.56 Å². The van der Waals surface area contributed by atoms with Crippen molar-refractivity contribution in [3.05, 3.63) is 32.9 Å². The van der Waals surface area contributed by atoms with Gasteiger partial charge in [-0.25, -0.2) is 5.10 Å². The van der Waals surface area contributed by atoms with Crippen molar-refractivity contribution in [1.29, 1.82) is 0 Å². The van der Waals surface area contributed by atoms with Crippen LogP contribution >= 0.6 is 15.9 Å². The van der Waals surface area contributed by atoms with E-state index in [-0.39, 0.29) is 5.56 Å². The van der Waals surface area contributed by atoms with Crippen LogP contribution in [0.2, 0.25) is 0 Å². The highest BCUT2D eigenvalue weighted by Gasteiger charge is 2.08. The normalized spacial score (nSPS) is 10.4. The molecule has 0 aliphatic carbocycles. The smallest absolute Gasteiger partial charge is 0.280 e. The Morgan fingerprint density at radius 3 is 2.88 bits per heavy atom. The number of H-pyrrole nitrogens is 1. The van der Waals surface area contributed by atoms with Gasteiger partial charge < -0.3 is 5.32 Å². The fourth-order valence-corrected chi connectivity index (χ4v) is 1.63. The molecule has 0 aliphatic rings. The molecule has 0 saturated carbocycles. The van der Waals surface area contributed by atoms with E-state index in [0.29, 0.717) is 10.2 Å². The number of hydrogen-bond donors (Lipinski definition) is 2. The summed E-state index contributed by atoms with van der Waals surface area (Å²) in [5, 5.41) is 13.3. The molecule has 2 aromatic heterocycles. The average molecular weight is 284 g/mol. The predicted octanol–water partition coefficient (Wildman–Crippen LogP) is 1.32. The summed E-state index contributed by atoms with van der Waals surface area (Å²) in [5.41, 5.74) is 2.04. The molecule has 2 rings (SSSR count). The maximum atomic E-state index is 11.3. The van der Waals surface area contributed by atoms with Gasteiger partial charge in [-0.3, -0.25) is 9.48 Å². The molecule has 2 N–H and O–H groups in total. The van der Waals surface area contributed by atoms with Crippen molar-refractivity contribution >= 4 is 27.3 Å². The maximum absolute atomic E-state index is 11.3. The fraction of sp³-hybridized carbons (Fsp3) is 0.222. The molecule has 16 heavy (non-hydrogen) atoms. The van der Waals surface area contributed by atoms with Gasteiger partial charge in [-0.1, -0.05) is 0 Å². The Bertz CT molecular complexity index is 574. The van der Waals surface area contributed by atoms with Crippen molar-refractivity contribution in [3.63, 3.8) is 0 Å². The van der Waals surface area contributed by atoms with Crippen molar-refractivity contribution in [2.75, 3.05) is 5.32 Å². The molecule has 2 aromatic rings. The Balaban J connectivity index is 2.38. The Kier molecular flexibility index (Phi) is 2.78. The topological polar surface area (TPSA) is 75.6 Å². The van der Waals surface area contributed by atoms with Crippen LogP contribution in [0.3, 0.4) is 0 Å². The third-order valence-corrected chi connectivity index (χ3v) is 2.87. The van der Waals surface area contributed by atoms with Crippen LogP contribution < -0.4 is 10.9 Å². The minimum atomic E-state index is -0.272. The minimum Gasteiger partial charge on any atom is -0.350 e. The second-order valence-corrected chi connectivity index (χ2v) is 4.15. The van der Waals surface area contributed by atoms with E-state index in [1.165, 1.54) is 6.20 Å². The molecule has 0 bridgehead atoms. The van der Waals surface area contributed by atoms with E-state index in [1.54, 1.807) is 4.68 Å². The molecule has 84 valence electrons. The Morgan fingerprint density at radius 1 is 1.50 bits per heavy atom. The third kappa shape index (κ3) is 1.99. The molecule has 0 unspecified atom stereocenters. The standard InChI is InChI=1S/C9H10BrN5O/c1-5-7(4-15(2)14-5)12-6-3-11-13-9(16)8(6)10/h3-4H,1-2H3,(H2,12,13,16). The van der Waals surface area contributed by atoms with Gasteiger partial charge in [0.2, 0.25) is 0 Å². The molecule has 6 nitrogen and oxygen atoms in total. The largest absolute Gasteiger partial charge is 0.350 e. The number of aryl methyl sites for hydroxylation is 2. The average Bonchev–Trinajstić information content (AvgIpc) is 2.53. The number of rotatable bonds is 2. The number of nitrogens with zero attached hydrogens (tertiary/aromatic N) is 3. The van der Waals surface area contributed by atoms with E-state index in [1.807, 2.05) is 20.2 Å². The van der Waals surface area contributed by atoms with Crippen molar-refractivity contribution < 1.29 is 0 Å². The number of anilines is 2. The van der Waals surface area contributed by atoms with E-state index < -0.39 is 0 Å². The van der Waals surface area contributed by atoms with E-state index >= 15 is 0 Å². The number of aromatic nitrogens is 4. The number of nitrogens with one attached hydrogen (secondary N) is 2. The highest BCUT2D eigenvalue weighted by atomic mass is 79.9. The third-order valence-electron chi connectivity index (χ3n) is 2.08. The van der Waals surface area contributed by atoms with Crippen LogP contribution in [0.15, 0.2) is 21.7 Å². The first-order valence-corrected chi connectivity index (χ1v) is 5.37. The summed E-state index contributed by atoms with van der Waals surface area (Å²) in [4.78, 5) is 11.3. The Hall–Kier alpha value is -1.63. The first-order valence-electron chi connectivity index (χ1n) is 4.58. The van der Waals surface area contributed by atoms with Gasteiger partial charge in [0.1, 0.15) is 4.47 Å². The van der Waals surface area contributed by atoms with Gasteiger partial charge >= 0.3 is 0 Å². The number of hydrogen-bond acceptors (Lipinski definition) is 4. The zero-order valence-electron chi connectivity index (χ0n) is 8.78. The molecule has 0 aliphatic heterocycles.